The molecule has 0 saturated carbocycles. The summed E-state index contributed by atoms with van der Waals surface area (Å²) in [5.41, 5.74) is -1.53. The Hall–Kier alpha value is -4.10. The largest absolute Gasteiger partial charge is 0.435 e. The number of alkyl halides is 3. The number of H-pyrrole nitrogens is 1. The average Bonchev–Trinajstić information content (AvgIpc) is 3.49. The number of urea groups is 1. The third-order valence-electron chi connectivity index (χ3n) is 5.52. The number of carbonyl (C=O) groups excluding carboxylic acids is 2. The Morgan fingerprint density at radius 3 is 2.43 bits per heavy atom. The van der Waals surface area contributed by atoms with Crippen LogP contribution in [0.5, 0.6) is 0 Å². The number of hydrogen-bond donors (Lipinski definition) is 3. The molecule has 0 atom stereocenters. The molecular formula is C21H22F3N7O4. The fraction of sp³-hybridized carbons (Fsp3) is 0.381. The SMILES string of the molecule is O=C(NCCNC(=O)N1CCC(c2n[nH]c(=O)o2)CC1)c1cn(-c2ccccc2)nc1C(F)(F)F. The highest BCUT2D eigenvalue weighted by Crippen LogP contribution is 2.31. The highest BCUT2D eigenvalue weighted by molar-refractivity contribution is 5.95. The number of aromatic nitrogens is 4. The Kier molecular flexibility index (Phi) is 6.89. The van der Waals surface area contributed by atoms with Crippen molar-refractivity contribution in [2.75, 3.05) is 26.2 Å². The molecule has 11 nitrogen and oxygen atoms in total. The van der Waals surface area contributed by atoms with Gasteiger partial charge in [0.25, 0.3) is 5.91 Å². The van der Waals surface area contributed by atoms with Gasteiger partial charge in [-0.1, -0.05) is 18.2 Å². The molecule has 1 aliphatic heterocycles. The number of piperidine rings is 1. The molecule has 0 aliphatic carbocycles. The van der Waals surface area contributed by atoms with Crippen molar-refractivity contribution >= 4 is 11.9 Å². The van der Waals surface area contributed by atoms with Gasteiger partial charge >= 0.3 is 18.0 Å². The number of amides is 3. The summed E-state index contributed by atoms with van der Waals surface area (Å²) in [5.74, 6) is -1.34. The molecule has 2 aromatic heterocycles. The number of para-hydroxylation sites is 1. The number of benzene rings is 1. The molecule has 0 unspecified atom stereocenters. The van der Waals surface area contributed by atoms with E-state index in [0.29, 0.717) is 37.5 Å². The molecule has 1 aliphatic rings. The van der Waals surface area contributed by atoms with E-state index >= 15 is 0 Å². The number of carbonyl (C=O) groups is 2. The van der Waals surface area contributed by atoms with Crippen LogP contribution in [0, 0.1) is 0 Å². The van der Waals surface area contributed by atoms with Gasteiger partial charge in [0.05, 0.1) is 11.3 Å². The van der Waals surface area contributed by atoms with Crippen LogP contribution in [-0.4, -0.2) is 63.0 Å². The standard InChI is InChI=1S/C21H22F3N7O4/c22-21(23,24)16-15(12-31(29-16)14-4-2-1-3-5-14)17(32)25-8-9-26-19(33)30-10-6-13(7-11-30)18-27-28-20(34)35-18/h1-5,12-13H,6-11H2,(H,25,32)(H,26,33)(H,28,34). The predicted molar refractivity (Wildman–Crippen MR) is 115 cm³/mol. The van der Waals surface area contributed by atoms with Crippen molar-refractivity contribution in [1.29, 1.82) is 0 Å². The molecule has 14 heteroatoms. The Labute approximate surface area is 196 Å². The molecular weight excluding hydrogens is 471 g/mol. The van der Waals surface area contributed by atoms with Crippen LogP contribution in [0.4, 0.5) is 18.0 Å². The zero-order valence-electron chi connectivity index (χ0n) is 18.3. The van der Waals surface area contributed by atoms with Crippen LogP contribution in [0.1, 0.15) is 40.7 Å². The maximum atomic E-state index is 13.4. The van der Waals surface area contributed by atoms with Crippen molar-refractivity contribution in [3.63, 3.8) is 0 Å². The zero-order valence-corrected chi connectivity index (χ0v) is 18.3. The lowest BCUT2D eigenvalue weighted by molar-refractivity contribution is -0.141. The van der Waals surface area contributed by atoms with E-state index in [1.807, 2.05) is 0 Å². The van der Waals surface area contributed by atoms with E-state index in [0.717, 1.165) is 10.9 Å². The minimum atomic E-state index is -4.81. The van der Waals surface area contributed by atoms with Gasteiger partial charge in [-0.3, -0.25) is 4.79 Å². The fourth-order valence-electron chi connectivity index (χ4n) is 3.76. The monoisotopic (exact) mass is 493 g/mol. The van der Waals surface area contributed by atoms with Gasteiger partial charge in [0, 0.05) is 38.3 Å². The summed E-state index contributed by atoms with van der Waals surface area (Å²) in [5, 5.41) is 14.6. The van der Waals surface area contributed by atoms with Gasteiger partial charge in [-0.15, -0.1) is 5.10 Å². The number of rotatable bonds is 6. The summed E-state index contributed by atoms with van der Waals surface area (Å²) >= 11 is 0. The van der Waals surface area contributed by atoms with E-state index in [2.05, 4.69) is 25.9 Å². The lowest BCUT2D eigenvalue weighted by Gasteiger charge is -2.30. The molecule has 1 saturated heterocycles. The highest BCUT2D eigenvalue weighted by Gasteiger charge is 2.39. The number of nitrogens with one attached hydrogen (secondary N) is 3. The summed E-state index contributed by atoms with van der Waals surface area (Å²) in [7, 11) is 0. The Morgan fingerprint density at radius 2 is 1.80 bits per heavy atom. The second-order valence-electron chi connectivity index (χ2n) is 7.87. The molecule has 35 heavy (non-hydrogen) atoms. The van der Waals surface area contributed by atoms with Crippen LogP contribution >= 0.6 is 0 Å². The molecule has 186 valence electrons. The first-order valence-corrected chi connectivity index (χ1v) is 10.8. The maximum Gasteiger partial charge on any atom is 0.435 e. The summed E-state index contributed by atoms with van der Waals surface area (Å²) in [6, 6.07) is 7.76. The predicted octanol–water partition coefficient (Wildman–Crippen LogP) is 1.89. The second-order valence-corrected chi connectivity index (χ2v) is 7.87. The summed E-state index contributed by atoms with van der Waals surface area (Å²) < 4.78 is 46.2. The molecule has 1 fully saturated rings. The van der Waals surface area contributed by atoms with E-state index in [9.17, 15) is 27.6 Å². The number of likely N-dealkylation sites (tertiary alicyclic amines) is 1. The van der Waals surface area contributed by atoms with Crippen molar-refractivity contribution in [3.8, 4) is 5.69 Å². The van der Waals surface area contributed by atoms with Crippen LogP contribution in [0.3, 0.4) is 0 Å². The van der Waals surface area contributed by atoms with E-state index in [1.54, 1.807) is 35.2 Å². The Morgan fingerprint density at radius 1 is 1.11 bits per heavy atom. The van der Waals surface area contributed by atoms with Crippen LogP contribution in [0.25, 0.3) is 5.69 Å². The number of nitrogens with zero attached hydrogens (tertiary/aromatic N) is 4. The van der Waals surface area contributed by atoms with Gasteiger partial charge in [-0.05, 0) is 25.0 Å². The summed E-state index contributed by atoms with van der Waals surface area (Å²) in [4.78, 5) is 37.4. The minimum absolute atomic E-state index is 0.0208. The highest BCUT2D eigenvalue weighted by atomic mass is 19.4. The summed E-state index contributed by atoms with van der Waals surface area (Å²) in [6.45, 7) is 0.764. The number of aromatic amines is 1. The topological polar surface area (TPSA) is 138 Å². The average molecular weight is 493 g/mol. The first kappa shape index (κ1) is 24.0. The van der Waals surface area contributed by atoms with Crippen molar-refractivity contribution in [2.45, 2.75) is 24.9 Å². The second kappa shape index (κ2) is 10.0. The van der Waals surface area contributed by atoms with Crippen molar-refractivity contribution in [1.82, 2.24) is 35.5 Å². The molecule has 3 amide bonds. The molecule has 1 aromatic carbocycles. The Balaban J connectivity index is 1.27. The lowest BCUT2D eigenvalue weighted by Crippen LogP contribution is -2.46. The molecule has 0 bridgehead atoms. The van der Waals surface area contributed by atoms with E-state index in [-0.39, 0.29) is 25.0 Å². The van der Waals surface area contributed by atoms with E-state index in [4.69, 9.17) is 4.42 Å². The first-order valence-electron chi connectivity index (χ1n) is 10.8. The van der Waals surface area contributed by atoms with Crippen LogP contribution in [0.2, 0.25) is 0 Å². The molecule has 4 rings (SSSR count). The van der Waals surface area contributed by atoms with Gasteiger partial charge in [0.2, 0.25) is 5.89 Å². The number of hydrogen-bond acceptors (Lipinski definition) is 6. The van der Waals surface area contributed by atoms with Crippen molar-refractivity contribution in [3.05, 3.63) is 64.2 Å². The first-order chi connectivity index (χ1) is 16.7. The third-order valence-corrected chi connectivity index (χ3v) is 5.52. The molecule has 0 spiro atoms. The normalized spacial score (nSPS) is 14.7. The number of halogens is 3. The molecule has 3 aromatic rings. The van der Waals surface area contributed by atoms with Crippen molar-refractivity contribution in [2.24, 2.45) is 0 Å². The smallest absolute Gasteiger partial charge is 0.392 e. The van der Waals surface area contributed by atoms with Gasteiger partial charge < -0.3 is 20.0 Å². The van der Waals surface area contributed by atoms with Gasteiger partial charge in [0.15, 0.2) is 5.69 Å². The van der Waals surface area contributed by atoms with Gasteiger partial charge in [0.1, 0.15) is 0 Å². The van der Waals surface area contributed by atoms with E-state index in [1.165, 1.54) is 0 Å². The third kappa shape index (κ3) is 5.70. The van der Waals surface area contributed by atoms with E-state index < -0.39 is 29.1 Å². The molecule has 3 heterocycles. The van der Waals surface area contributed by atoms with Crippen LogP contribution in [0.15, 0.2) is 45.7 Å². The van der Waals surface area contributed by atoms with Crippen molar-refractivity contribution < 1.29 is 27.2 Å². The lowest BCUT2D eigenvalue weighted by atomic mass is 9.97. The van der Waals surface area contributed by atoms with Gasteiger partial charge in [-0.2, -0.15) is 18.3 Å². The minimum Gasteiger partial charge on any atom is -0.392 e. The van der Waals surface area contributed by atoms with Crippen LogP contribution < -0.4 is 16.4 Å². The Bertz CT molecular complexity index is 1230. The maximum absolute atomic E-state index is 13.4. The fourth-order valence-corrected chi connectivity index (χ4v) is 3.76. The quantitative estimate of drug-likeness (QED) is 0.449. The summed E-state index contributed by atoms with van der Waals surface area (Å²) in [6.07, 6.45) is -2.67. The molecule has 0 radical (unpaired) electrons. The molecule has 3 N–H and O–H groups in total. The van der Waals surface area contributed by atoms with Crippen LogP contribution in [-0.2, 0) is 6.18 Å². The van der Waals surface area contributed by atoms with Gasteiger partial charge in [-0.25, -0.2) is 19.4 Å². The zero-order chi connectivity index (χ0) is 25.0.